The zero-order chi connectivity index (χ0) is 17.2. The maximum absolute atomic E-state index is 13.4. The van der Waals surface area contributed by atoms with Crippen LogP contribution >= 0.6 is 0 Å². The van der Waals surface area contributed by atoms with Crippen molar-refractivity contribution in [1.29, 1.82) is 0 Å². The predicted molar refractivity (Wildman–Crippen MR) is 88.8 cm³/mol. The lowest BCUT2D eigenvalue weighted by molar-refractivity contribution is -0.106. The molecule has 128 valence electrons. The zero-order valence-corrected chi connectivity index (χ0v) is 15.3. The monoisotopic (exact) mass is 306 g/mol. The van der Waals surface area contributed by atoms with Gasteiger partial charge < -0.3 is 5.11 Å². The van der Waals surface area contributed by atoms with E-state index >= 15 is 0 Å². The molecule has 1 rings (SSSR count). The van der Waals surface area contributed by atoms with E-state index in [4.69, 9.17) is 0 Å². The Bertz CT molecular complexity index is 292. The van der Waals surface area contributed by atoms with Crippen LogP contribution < -0.4 is 0 Å². The Balaban J connectivity index is 0. The number of hydrogen-bond acceptors (Lipinski definition) is 1. The quantitative estimate of drug-likeness (QED) is 0.601. The first-order valence-electron chi connectivity index (χ1n) is 8.39. The first kappa shape index (κ1) is 22.8. The van der Waals surface area contributed by atoms with Gasteiger partial charge in [0.2, 0.25) is 0 Å². The van der Waals surface area contributed by atoms with Gasteiger partial charge in [-0.05, 0) is 23.8 Å². The van der Waals surface area contributed by atoms with Gasteiger partial charge in [0.05, 0.1) is 0 Å². The van der Waals surface area contributed by atoms with Gasteiger partial charge >= 0.3 is 0 Å². The van der Waals surface area contributed by atoms with Gasteiger partial charge in [-0.3, -0.25) is 0 Å². The molecule has 0 fully saturated rings. The van der Waals surface area contributed by atoms with Crippen LogP contribution in [-0.2, 0) is 0 Å². The van der Waals surface area contributed by atoms with Crippen molar-refractivity contribution < 1.29 is 13.9 Å². The Morgan fingerprint density at radius 3 is 1.67 bits per heavy atom. The Morgan fingerprint density at radius 2 is 1.38 bits per heavy atom. The van der Waals surface area contributed by atoms with E-state index in [1.54, 1.807) is 0 Å². The minimum atomic E-state index is -2.95. The van der Waals surface area contributed by atoms with E-state index in [1.807, 2.05) is 27.7 Å². The molecule has 0 amide bonds. The fraction of sp³-hybridized carbons (Fsp3) is 0.889. The summed E-state index contributed by atoms with van der Waals surface area (Å²) in [6.07, 6.45) is 1.11. The predicted octanol–water partition coefficient (Wildman–Crippen LogP) is 6.22. The fourth-order valence-corrected chi connectivity index (χ4v) is 2.29. The number of rotatable bonds is 2. The standard InChI is InChI=1S/C12H20F2O.2C3H8/c1-7(2)9-5-6-12(13,14)11(15)10(9)8(3)4;2*1-3-2/h7-8,11,15H,5-6H2,1-4H3;2*3H2,1-2H3. The van der Waals surface area contributed by atoms with Gasteiger partial charge in [-0.25, -0.2) is 8.78 Å². The molecule has 0 aromatic rings. The van der Waals surface area contributed by atoms with Crippen molar-refractivity contribution in [3.05, 3.63) is 11.1 Å². The van der Waals surface area contributed by atoms with Crippen LogP contribution in [0.2, 0.25) is 0 Å². The van der Waals surface area contributed by atoms with Gasteiger partial charge in [0.15, 0.2) is 0 Å². The SMILES string of the molecule is CC(C)C1=C(C(C)C)C(O)C(F)(F)CC1.CCC.CCC. The van der Waals surface area contributed by atoms with Crippen LogP contribution in [-0.4, -0.2) is 17.1 Å². The van der Waals surface area contributed by atoms with Crippen LogP contribution in [0.15, 0.2) is 11.1 Å². The summed E-state index contributed by atoms with van der Waals surface area (Å²) in [4.78, 5) is 0. The molecule has 1 atom stereocenters. The molecule has 1 nitrogen and oxygen atoms in total. The van der Waals surface area contributed by atoms with Crippen molar-refractivity contribution in [2.24, 2.45) is 11.8 Å². The molecule has 0 aromatic carbocycles. The Labute approximate surface area is 130 Å². The maximum atomic E-state index is 13.4. The average Bonchev–Trinajstić information content (AvgIpc) is 2.33. The molecule has 0 radical (unpaired) electrons. The number of alkyl halides is 2. The summed E-state index contributed by atoms with van der Waals surface area (Å²) in [5.74, 6) is -2.71. The van der Waals surface area contributed by atoms with Crippen LogP contribution in [0.25, 0.3) is 0 Å². The highest BCUT2D eigenvalue weighted by atomic mass is 19.3. The van der Waals surface area contributed by atoms with Crippen LogP contribution in [0.3, 0.4) is 0 Å². The number of allylic oxidation sites excluding steroid dienone is 1. The van der Waals surface area contributed by atoms with Crippen LogP contribution in [0.5, 0.6) is 0 Å². The minimum absolute atomic E-state index is 0.0106. The van der Waals surface area contributed by atoms with Crippen molar-refractivity contribution in [2.75, 3.05) is 0 Å². The number of aliphatic hydroxyl groups is 1. The minimum Gasteiger partial charge on any atom is -0.382 e. The van der Waals surface area contributed by atoms with Crippen molar-refractivity contribution >= 4 is 0 Å². The van der Waals surface area contributed by atoms with Crippen LogP contribution in [0.1, 0.15) is 81.1 Å². The topological polar surface area (TPSA) is 20.2 Å². The molecule has 0 bridgehead atoms. The molecule has 0 heterocycles. The molecule has 0 aromatic heterocycles. The van der Waals surface area contributed by atoms with Crippen molar-refractivity contribution in [3.8, 4) is 0 Å². The summed E-state index contributed by atoms with van der Waals surface area (Å²) in [5.41, 5.74) is 1.57. The molecular formula is C18H36F2O. The lowest BCUT2D eigenvalue weighted by Crippen LogP contribution is -2.40. The second-order valence-electron chi connectivity index (χ2n) is 6.37. The van der Waals surface area contributed by atoms with Gasteiger partial charge in [0.25, 0.3) is 5.92 Å². The third-order valence-electron chi connectivity index (χ3n) is 3.11. The van der Waals surface area contributed by atoms with E-state index in [9.17, 15) is 13.9 Å². The molecule has 0 saturated carbocycles. The van der Waals surface area contributed by atoms with Crippen LogP contribution in [0.4, 0.5) is 8.78 Å². The normalized spacial score (nSPS) is 20.7. The smallest absolute Gasteiger partial charge is 0.277 e. The van der Waals surface area contributed by atoms with E-state index < -0.39 is 12.0 Å². The molecular weight excluding hydrogens is 270 g/mol. The highest BCUT2D eigenvalue weighted by Crippen LogP contribution is 2.42. The van der Waals surface area contributed by atoms with Gasteiger partial charge in [-0.2, -0.15) is 0 Å². The maximum Gasteiger partial charge on any atom is 0.277 e. The molecule has 1 unspecified atom stereocenters. The molecule has 1 N–H and O–H groups in total. The van der Waals surface area contributed by atoms with Gasteiger partial charge in [-0.15, -0.1) is 0 Å². The highest BCUT2D eigenvalue weighted by Gasteiger charge is 2.45. The second kappa shape index (κ2) is 11.2. The Kier molecular flexibility index (Phi) is 12.1. The first-order chi connectivity index (χ1) is 9.60. The highest BCUT2D eigenvalue weighted by molar-refractivity contribution is 5.27. The van der Waals surface area contributed by atoms with Crippen molar-refractivity contribution in [3.63, 3.8) is 0 Å². The molecule has 1 aliphatic rings. The molecule has 0 spiro atoms. The molecule has 21 heavy (non-hydrogen) atoms. The van der Waals surface area contributed by atoms with E-state index in [0.29, 0.717) is 12.0 Å². The van der Waals surface area contributed by atoms with Crippen molar-refractivity contribution in [1.82, 2.24) is 0 Å². The number of halogens is 2. The molecule has 0 saturated heterocycles. The fourth-order valence-electron chi connectivity index (χ4n) is 2.29. The van der Waals surface area contributed by atoms with E-state index in [0.717, 1.165) is 5.57 Å². The van der Waals surface area contributed by atoms with Crippen LogP contribution in [0, 0.1) is 11.8 Å². The summed E-state index contributed by atoms with van der Waals surface area (Å²) in [7, 11) is 0. The lowest BCUT2D eigenvalue weighted by atomic mass is 9.77. The third-order valence-corrected chi connectivity index (χ3v) is 3.11. The summed E-state index contributed by atoms with van der Waals surface area (Å²) >= 11 is 0. The molecule has 3 heteroatoms. The van der Waals surface area contributed by atoms with E-state index in [1.165, 1.54) is 12.8 Å². The summed E-state index contributed by atoms with van der Waals surface area (Å²) < 4.78 is 26.7. The largest absolute Gasteiger partial charge is 0.382 e. The first-order valence-corrected chi connectivity index (χ1v) is 8.39. The molecule has 1 aliphatic carbocycles. The zero-order valence-electron chi connectivity index (χ0n) is 15.3. The number of hydrogen-bond donors (Lipinski definition) is 1. The molecule has 0 aliphatic heterocycles. The average molecular weight is 306 g/mol. The second-order valence-corrected chi connectivity index (χ2v) is 6.37. The Morgan fingerprint density at radius 1 is 1.00 bits per heavy atom. The van der Waals surface area contributed by atoms with Gasteiger partial charge in [-0.1, -0.05) is 73.8 Å². The third kappa shape index (κ3) is 7.94. The van der Waals surface area contributed by atoms with E-state index in [2.05, 4.69) is 27.7 Å². The van der Waals surface area contributed by atoms with E-state index in [-0.39, 0.29) is 18.3 Å². The van der Waals surface area contributed by atoms with Gasteiger partial charge in [0, 0.05) is 6.42 Å². The Hall–Kier alpha value is -0.440. The summed E-state index contributed by atoms with van der Waals surface area (Å²) in [6.45, 7) is 16.2. The van der Waals surface area contributed by atoms with Crippen molar-refractivity contribution in [2.45, 2.75) is 93.1 Å². The summed E-state index contributed by atoms with van der Waals surface area (Å²) in [6, 6.07) is 0. The lowest BCUT2D eigenvalue weighted by Gasteiger charge is -2.35. The number of aliphatic hydroxyl groups excluding tert-OH is 1. The van der Waals surface area contributed by atoms with Gasteiger partial charge in [0.1, 0.15) is 6.10 Å². The summed E-state index contributed by atoms with van der Waals surface area (Å²) in [5, 5.41) is 9.68.